The number of rotatable bonds is 7. The second kappa shape index (κ2) is 13.8. The number of fused-ring (bicyclic) bond motifs is 3. The smallest absolute Gasteiger partial charge is 0.135 e. The third kappa shape index (κ3) is 6.35. The molecule has 0 aliphatic carbocycles. The van der Waals surface area contributed by atoms with Crippen molar-refractivity contribution in [3.63, 3.8) is 0 Å². The summed E-state index contributed by atoms with van der Waals surface area (Å²) in [4.78, 5) is 7.09. The van der Waals surface area contributed by atoms with Gasteiger partial charge >= 0.3 is 0 Å². The Hall–Kier alpha value is -5.44. The van der Waals surface area contributed by atoms with E-state index >= 15 is 0 Å². The molecule has 0 atom stereocenters. The summed E-state index contributed by atoms with van der Waals surface area (Å²) < 4.78 is 8.71. The molecule has 5 heteroatoms. The van der Waals surface area contributed by atoms with Crippen molar-refractivity contribution < 1.29 is 25.8 Å². The Morgan fingerprint density at radius 3 is 2.02 bits per heavy atom. The zero-order valence-electron chi connectivity index (χ0n) is 28.1. The summed E-state index contributed by atoms with van der Waals surface area (Å²) in [5.74, 6) is 2.09. The number of anilines is 3. The molecular weight excluding hydrogens is 794 g/mol. The summed E-state index contributed by atoms with van der Waals surface area (Å²) >= 11 is 0. The van der Waals surface area contributed by atoms with Gasteiger partial charge in [0.05, 0.1) is 0 Å². The maximum Gasteiger partial charge on any atom is 0.135 e. The minimum Gasteiger partial charge on any atom is -0.503 e. The molecule has 2 heterocycles. The molecule has 4 nitrogen and oxygen atoms in total. The SMILES string of the molecule is CC(C)(C)c1ccnc(-n2c3[c-]c(Oc4[c-]c(-c5ccccc5N(c5ccccc5)c5ccccc5)ccc4)ccc3c3ccccc32)c1.[Pt]. The molecule has 248 valence electrons. The Bertz CT molecular complexity index is 2370. The third-order valence-electron chi connectivity index (χ3n) is 8.85. The molecule has 2 aromatic heterocycles. The van der Waals surface area contributed by atoms with Crippen LogP contribution in [0.2, 0.25) is 0 Å². The van der Waals surface area contributed by atoms with Crippen LogP contribution in [0.25, 0.3) is 38.8 Å². The van der Waals surface area contributed by atoms with Crippen LogP contribution in [0.4, 0.5) is 17.1 Å². The Kier molecular flexibility index (Phi) is 9.14. The molecule has 0 saturated carbocycles. The molecule has 0 bridgehead atoms. The van der Waals surface area contributed by atoms with E-state index in [4.69, 9.17) is 9.72 Å². The summed E-state index contributed by atoms with van der Waals surface area (Å²) in [5.41, 5.74) is 8.40. The van der Waals surface area contributed by atoms with Gasteiger partial charge in [0.25, 0.3) is 0 Å². The van der Waals surface area contributed by atoms with E-state index < -0.39 is 0 Å². The quantitative estimate of drug-likeness (QED) is 0.150. The van der Waals surface area contributed by atoms with Gasteiger partial charge in [0.15, 0.2) is 0 Å². The molecule has 0 aliphatic heterocycles. The molecule has 0 aliphatic rings. The van der Waals surface area contributed by atoms with Crippen molar-refractivity contribution in [1.29, 1.82) is 0 Å². The van der Waals surface area contributed by atoms with Crippen molar-refractivity contribution in [2.45, 2.75) is 26.2 Å². The minimum atomic E-state index is -0.00682. The van der Waals surface area contributed by atoms with Crippen LogP contribution in [-0.2, 0) is 26.5 Å². The number of pyridine rings is 1. The molecule has 0 saturated heterocycles. The van der Waals surface area contributed by atoms with Gasteiger partial charge in [-0.05, 0) is 64.9 Å². The predicted octanol–water partition coefficient (Wildman–Crippen LogP) is 12.0. The Morgan fingerprint density at radius 1 is 0.620 bits per heavy atom. The Balaban J connectivity index is 0.00000392. The van der Waals surface area contributed by atoms with Gasteiger partial charge in [0, 0.05) is 61.3 Å². The zero-order valence-corrected chi connectivity index (χ0v) is 30.3. The standard InChI is InChI=1S/C45H35N3O.Pt/c1-45(2,3)33-27-28-46-44(30-33)48-42-24-13-11-22-39(42)40-26-25-37(31-43(40)48)49-36-20-14-15-32(29-36)38-21-10-12-23-41(38)47(34-16-6-4-7-17-34)35-18-8-5-9-19-35;/h4-28,30H,1-3H3;/q-2;. The molecule has 8 aromatic rings. The van der Waals surface area contributed by atoms with E-state index in [1.54, 1.807) is 0 Å². The van der Waals surface area contributed by atoms with E-state index in [2.05, 4.69) is 164 Å². The fourth-order valence-electron chi connectivity index (χ4n) is 6.44. The van der Waals surface area contributed by atoms with Gasteiger partial charge in [-0.15, -0.1) is 41.3 Å². The van der Waals surface area contributed by atoms with Crippen LogP contribution in [0, 0.1) is 12.1 Å². The summed E-state index contributed by atoms with van der Waals surface area (Å²) in [5, 5.41) is 2.24. The van der Waals surface area contributed by atoms with Gasteiger partial charge in [-0.1, -0.05) is 111 Å². The van der Waals surface area contributed by atoms with Crippen LogP contribution in [0.1, 0.15) is 26.3 Å². The first-order valence-corrected chi connectivity index (χ1v) is 16.6. The number of para-hydroxylation sites is 4. The topological polar surface area (TPSA) is 30.3 Å². The van der Waals surface area contributed by atoms with E-state index in [9.17, 15) is 0 Å². The number of hydrogen-bond donors (Lipinski definition) is 0. The number of aromatic nitrogens is 2. The van der Waals surface area contributed by atoms with E-state index in [1.165, 1.54) is 5.56 Å². The summed E-state index contributed by atoms with van der Waals surface area (Å²) in [7, 11) is 0. The fourth-order valence-corrected chi connectivity index (χ4v) is 6.44. The van der Waals surface area contributed by atoms with Crippen molar-refractivity contribution in [2.75, 3.05) is 4.90 Å². The minimum absolute atomic E-state index is 0. The van der Waals surface area contributed by atoms with Gasteiger partial charge in [-0.25, -0.2) is 4.98 Å². The number of nitrogens with zero attached hydrogens (tertiary/aromatic N) is 3. The first-order valence-electron chi connectivity index (χ1n) is 16.6. The fraction of sp³-hybridized carbons (Fsp3) is 0.0889. The van der Waals surface area contributed by atoms with Crippen molar-refractivity contribution in [1.82, 2.24) is 9.55 Å². The molecule has 0 unspecified atom stereocenters. The number of hydrogen-bond acceptors (Lipinski definition) is 3. The number of ether oxygens (including phenoxy) is 1. The summed E-state index contributed by atoms with van der Waals surface area (Å²) in [6.07, 6.45) is 1.89. The van der Waals surface area contributed by atoms with Crippen molar-refractivity contribution in [2.24, 2.45) is 0 Å². The van der Waals surface area contributed by atoms with Gasteiger partial charge < -0.3 is 14.2 Å². The molecule has 50 heavy (non-hydrogen) atoms. The summed E-state index contributed by atoms with van der Waals surface area (Å²) in [6.45, 7) is 6.67. The monoisotopic (exact) mass is 828 g/mol. The molecule has 0 radical (unpaired) electrons. The average Bonchev–Trinajstić information content (AvgIpc) is 3.46. The zero-order chi connectivity index (χ0) is 33.4. The summed E-state index contributed by atoms with van der Waals surface area (Å²) in [6, 6.07) is 59.3. The van der Waals surface area contributed by atoms with Crippen molar-refractivity contribution in [3.8, 4) is 28.4 Å². The Labute approximate surface area is 307 Å². The maximum atomic E-state index is 6.52. The van der Waals surface area contributed by atoms with E-state index in [1.807, 2.05) is 36.5 Å². The maximum absolute atomic E-state index is 6.52. The molecule has 0 amide bonds. The Morgan fingerprint density at radius 2 is 1.28 bits per heavy atom. The van der Waals surface area contributed by atoms with Crippen LogP contribution in [-0.4, -0.2) is 9.55 Å². The molecule has 6 aromatic carbocycles. The van der Waals surface area contributed by atoms with E-state index in [-0.39, 0.29) is 26.5 Å². The van der Waals surface area contributed by atoms with Gasteiger partial charge in [-0.2, -0.15) is 6.07 Å². The first kappa shape index (κ1) is 33.1. The molecule has 0 spiro atoms. The number of benzene rings is 6. The van der Waals surface area contributed by atoms with Gasteiger partial charge in [-0.3, -0.25) is 0 Å². The van der Waals surface area contributed by atoms with Crippen LogP contribution >= 0.6 is 0 Å². The van der Waals surface area contributed by atoms with Crippen molar-refractivity contribution >= 4 is 38.9 Å². The van der Waals surface area contributed by atoms with Crippen molar-refractivity contribution in [3.05, 3.63) is 176 Å². The molecule has 8 rings (SSSR count). The third-order valence-corrected chi connectivity index (χ3v) is 8.85. The van der Waals surface area contributed by atoms with E-state index in [0.29, 0.717) is 11.5 Å². The second-order valence-electron chi connectivity index (χ2n) is 13.1. The molecule has 0 N–H and O–H groups in total. The average molecular weight is 829 g/mol. The molecule has 0 fully saturated rings. The largest absolute Gasteiger partial charge is 0.503 e. The normalized spacial score (nSPS) is 11.3. The van der Waals surface area contributed by atoms with Crippen LogP contribution in [0.3, 0.4) is 0 Å². The molecular formula is C45H35N3OPt-2. The van der Waals surface area contributed by atoms with Crippen LogP contribution in [0.15, 0.2) is 158 Å². The van der Waals surface area contributed by atoms with Gasteiger partial charge in [0.2, 0.25) is 0 Å². The predicted molar refractivity (Wildman–Crippen MR) is 202 cm³/mol. The van der Waals surface area contributed by atoms with Crippen LogP contribution in [0.5, 0.6) is 11.5 Å². The van der Waals surface area contributed by atoms with E-state index in [0.717, 1.165) is 55.8 Å². The van der Waals surface area contributed by atoms with Crippen LogP contribution < -0.4 is 9.64 Å². The second-order valence-corrected chi connectivity index (χ2v) is 13.1. The first-order chi connectivity index (χ1) is 23.9. The van der Waals surface area contributed by atoms with Gasteiger partial charge in [0.1, 0.15) is 5.82 Å².